The van der Waals surface area contributed by atoms with Gasteiger partial charge in [0.15, 0.2) is 0 Å². The highest BCUT2D eigenvalue weighted by atomic mass is 35.5. The maximum Gasteiger partial charge on any atom is 0.259 e. The number of H-pyrrole nitrogens is 1. The largest absolute Gasteiger partial charge is 0.396 e. The zero-order chi connectivity index (χ0) is 28.5. The molecule has 11 heteroatoms. The summed E-state index contributed by atoms with van der Waals surface area (Å²) in [5, 5.41) is 16.8. The summed E-state index contributed by atoms with van der Waals surface area (Å²) < 4.78 is 0. The van der Waals surface area contributed by atoms with Crippen LogP contribution in [-0.4, -0.2) is 47.1 Å². The number of carbonyl (C=O) groups excluding carboxylic acids is 2. The molecule has 8 nitrogen and oxygen atoms in total. The molecule has 0 aliphatic rings. The van der Waals surface area contributed by atoms with Crippen LogP contribution in [0.25, 0.3) is 11.0 Å². The molecule has 204 valence electrons. The van der Waals surface area contributed by atoms with E-state index in [9.17, 15) is 14.7 Å². The van der Waals surface area contributed by atoms with Gasteiger partial charge in [0.1, 0.15) is 5.52 Å². The second-order valence-electron chi connectivity index (χ2n) is 10.0. The highest BCUT2D eigenvalue weighted by molar-refractivity contribution is 6.36. The molecule has 2 amide bonds. The maximum atomic E-state index is 13.6. The third kappa shape index (κ3) is 6.31. The predicted octanol–water partition coefficient (Wildman–Crippen LogP) is 6.79. The molecule has 4 N–H and O–H groups in total. The molecule has 0 aliphatic carbocycles. The second-order valence-corrected chi connectivity index (χ2v) is 11.3. The van der Waals surface area contributed by atoms with Crippen molar-refractivity contribution in [3.05, 3.63) is 80.3 Å². The Labute approximate surface area is 241 Å². The molecule has 0 saturated heterocycles. The van der Waals surface area contributed by atoms with Gasteiger partial charge < -0.3 is 25.6 Å². The Balaban J connectivity index is 1.77. The van der Waals surface area contributed by atoms with E-state index in [1.165, 1.54) is 11.0 Å². The number of amides is 2. The number of aromatic amines is 1. The normalized spacial score (nSPS) is 11.5. The smallest absolute Gasteiger partial charge is 0.259 e. The number of rotatable bonds is 8. The molecule has 1 aromatic heterocycles. The van der Waals surface area contributed by atoms with E-state index in [-0.39, 0.29) is 22.8 Å². The van der Waals surface area contributed by atoms with Crippen molar-refractivity contribution in [2.24, 2.45) is 5.41 Å². The Hall–Kier alpha value is -3.30. The second kappa shape index (κ2) is 11.4. The first-order chi connectivity index (χ1) is 18.4. The lowest BCUT2D eigenvalue weighted by Gasteiger charge is -2.21. The number of halogens is 3. The summed E-state index contributed by atoms with van der Waals surface area (Å²) in [4.78, 5) is 36.1. The first-order valence-corrected chi connectivity index (χ1v) is 13.2. The van der Waals surface area contributed by atoms with Crippen LogP contribution in [0.5, 0.6) is 0 Å². The minimum Gasteiger partial charge on any atom is -0.396 e. The number of benzene rings is 3. The van der Waals surface area contributed by atoms with Crippen LogP contribution in [0.1, 0.15) is 40.1 Å². The van der Waals surface area contributed by atoms with Gasteiger partial charge in [-0.25, -0.2) is 4.98 Å². The topological polar surface area (TPSA) is 110 Å². The predicted molar refractivity (Wildman–Crippen MR) is 159 cm³/mol. The average Bonchev–Trinajstić information content (AvgIpc) is 3.33. The average molecular weight is 589 g/mol. The molecule has 0 saturated carbocycles. The van der Waals surface area contributed by atoms with Gasteiger partial charge in [0, 0.05) is 47.0 Å². The van der Waals surface area contributed by atoms with Crippen molar-refractivity contribution in [1.29, 1.82) is 0 Å². The minimum atomic E-state index is -0.428. The van der Waals surface area contributed by atoms with Crippen LogP contribution in [-0.2, 0) is 0 Å². The molecule has 1 heterocycles. The van der Waals surface area contributed by atoms with E-state index in [1.807, 2.05) is 20.8 Å². The van der Waals surface area contributed by atoms with E-state index in [2.05, 4.69) is 20.6 Å². The summed E-state index contributed by atoms with van der Waals surface area (Å²) in [6.45, 7) is 6.05. The fraction of sp³-hybridized carbons (Fsp3) is 0.250. The molecule has 4 aromatic rings. The van der Waals surface area contributed by atoms with Crippen molar-refractivity contribution in [3.63, 3.8) is 0 Å². The van der Waals surface area contributed by atoms with Gasteiger partial charge in [-0.3, -0.25) is 9.59 Å². The summed E-state index contributed by atoms with van der Waals surface area (Å²) in [7, 11) is 1.59. The summed E-state index contributed by atoms with van der Waals surface area (Å²) >= 11 is 18.6. The lowest BCUT2D eigenvalue weighted by Crippen LogP contribution is -2.27. The van der Waals surface area contributed by atoms with Crippen LogP contribution >= 0.6 is 34.8 Å². The number of aliphatic hydroxyl groups excluding tert-OH is 1. The van der Waals surface area contributed by atoms with Gasteiger partial charge in [0.05, 0.1) is 21.7 Å². The number of aliphatic hydroxyl groups is 1. The maximum absolute atomic E-state index is 13.6. The summed E-state index contributed by atoms with van der Waals surface area (Å²) in [5.74, 6) is -0.410. The van der Waals surface area contributed by atoms with Gasteiger partial charge in [0.2, 0.25) is 5.95 Å². The number of aromatic nitrogens is 2. The van der Waals surface area contributed by atoms with E-state index in [0.717, 1.165) is 5.56 Å². The van der Waals surface area contributed by atoms with Crippen molar-refractivity contribution in [1.82, 2.24) is 9.97 Å². The zero-order valence-electron chi connectivity index (χ0n) is 21.8. The van der Waals surface area contributed by atoms with Crippen LogP contribution in [0.4, 0.5) is 17.3 Å². The Morgan fingerprint density at radius 2 is 1.79 bits per heavy atom. The van der Waals surface area contributed by atoms with Crippen LogP contribution in [0.2, 0.25) is 15.1 Å². The van der Waals surface area contributed by atoms with Crippen LogP contribution < -0.4 is 15.5 Å². The van der Waals surface area contributed by atoms with Crippen molar-refractivity contribution >= 4 is 75.0 Å². The van der Waals surface area contributed by atoms with Crippen LogP contribution in [0, 0.1) is 12.3 Å². The van der Waals surface area contributed by atoms with Crippen molar-refractivity contribution in [3.8, 4) is 0 Å². The molecule has 0 unspecified atom stereocenters. The minimum absolute atomic E-state index is 0.0179. The third-order valence-electron chi connectivity index (χ3n) is 6.35. The molecular formula is C28H28Cl3N5O3. The summed E-state index contributed by atoms with van der Waals surface area (Å²) in [6.07, 6.45) is 0. The Morgan fingerprint density at radius 1 is 1.05 bits per heavy atom. The number of fused-ring (bicyclic) bond motifs is 1. The van der Waals surface area contributed by atoms with Crippen LogP contribution in [0.15, 0.2) is 48.5 Å². The SMILES string of the molecule is Cc1c(Cl)cccc1NC(=O)c1cc(N(C)C(=O)c2cc(Cl)ccc2Cl)cc2[nH]c(NCC(C)(C)CO)nc12. The van der Waals surface area contributed by atoms with Gasteiger partial charge in [-0.1, -0.05) is 54.7 Å². The molecule has 39 heavy (non-hydrogen) atoms. The lowest BCUT2D eigenvalue weighted by atomic mass is 9.95. The standard InChI is InChI=1S/C28H28Cl3N5O3/c1-15-20(30)6-5-7-22(15)33-25(38)19-11-17(36(4)26(39)18-10-16(29)8-9-21(18)31)12-23-24(19)35-27(34-23)32-13-28(2,3)14-37/h5-12,37H,13-14H2,1-4H3,(H,33,38)(H2,32,34,35). The molecule has 0 spiro atoms. The zero-order valence-corrected chi connectivity index (χ0v) is 24.1. The monoisotopic (exact) mass is 587 g/mol. The summed E-state index contributed by atoms with van der Waals surface area (Å²) in [6, 6.07) is 13.2. The number of nitrogens with one attached hydrogen (secondary N) is 3. The van der Waals surface area contributed by atoms with Crippen molar-refractivity contribution in [2.75, 3.05) is 35.7 Å². The first kappa shape index (κ1) is 28.7. The van der Waals surface area contributed by atoms with Crippen molar-refractivity contribution < 1.29 is 14.7 Å². The molecule has 0 radical (unpaired) electrons. The van der Waals surface area contributed by atoms with E-state index in [4.69, 9.17) is 34.8 Å². The van der Waals surface area contributed by atoms with E-state index in [0.29, 0.717) is 44.9 Å². The fourth-order valence-electron chi connectivity index (χ4n) is 3.82. The summed E-state index contributed by atoms with van der Waals surface area (Å²) in [5.41, 5.74) is 2.72. The van der Waals surface area contributed by atoms with Gasteiger partial charge in [-0.05, 0) is 55.0 Å². The number of carbonyl (C=O) groups is 2. The van der Waals surface area contributed by atoms with E-state index >= 15 is 0 Å². The number of anilines is 3. The van der Waals surface area contributed by atoms with Gasteiger partial charge >= 0.3 is 0 Å². The molecule has 0 bridgehead atoms. The first-order valence-electron chi connectivity index (χ1n) is 12.1. The molecule has 0 atom stereocenters. The van der Waals surface area contributed by atoms with Gasteiger partial charge in [-0.15, -0.1) is 0 Å². The quantitative estimate of drug-likeness (QED) is 0.181. The fourth-order valence-corrected chi connectivity index (χ4v) is 4.37. The molecular weight excluding hydrogens is 561 g/mol. The number of nitrogens with zero attached hydrogens (tertiary/aromatic N) is 2. The number of hydrogen-bond donors (Lipinski definition) is 4. The van der Waals surface area contributed by atoms with Gasteiger partial charge in [-0.2, -0.15) is 0 Å². The number of hydrogen-bond acceptors (Lipinski definition) is 5. The Kier molecular flexibility index (Phi) is 8.42. The van der Waals surface area contributed by atoms with E-state index < -0.39 is 17.2 Å². The molecule has 3 aromatic carbocycles. The Morgan fingerprint density at radius 3 is 2.51 bits per heavy atom. The van der Waals surface area contributed by atoms with E-state index in [1.54, 1.807) is 49.5 Å². The highest BCUT2D eigenvalue weighted by Crippen LogP contribution is 2.30. The molecule has 0 fully saturated rings. The van der Waals surface area contributed by atoms with Crippen LogP contribution in [0.3, 0.4) is 0 Å². The Bertz CT molecular complexity index is 1570. The molecule has 0 aliphatic heterocycles. The highest BCUT2D eigenvalue weighted by Gasteiger charge is 2.23. The lowest BCUT2D eigenvalue weighted by molar-refractivity contribution is 0.0990. The number of imidazole rings is 1. The third-order valence-corrected chi connectivity index (χ3v) is 7.32. The van der Waals surface area contributed by atoms with Crippen molar-refractivity contribution in [2.45, 2.75) is 20.8 Å². The van der Waals surface area contributed by atoms with Gasteiger partial charge in [0.25, 0.3) is 11.8 Å². The molecule has 4 rings (SSSR count).